The summed E-state index contributed by atoms with van der Waals surface area (Å²) in [6, 6.07) is 0. The van der Waals surface area contributed by atoms with Crippen molar-refractivity contribution >= 4 is 30.1 Å². The van der Waals surface area contributed by atoms with Crippen LogP contribution in [0.15, 0.2) is 0 Å². The highest BCUT2D eigenvalue weighted by atomic mass is 35.5. The quantitative estimate of drug-likeness (QED) is 0.643. The van der Waals surface area contributed by atoms with E-state index in [0.29, 0.717) is 18.9 Å². The zero-order valence-corrected chi connectivity index (χ0v) is 13.2. The molecule has 18 heavy (non-hydrogen) atoms. The Morgan fingerprint density at radius 3 is 2.61 bits per heavy atom. The Morgan fingerprint density at radius 2 is 2.11 bits per heavy atom. The van der Waals surface area contributed by atoms with E-state index in [1.165, 1.54) is 31.4 Å². The second kappa shape index (κ2) is 9.05. The van der Waals surface area contributed by atoms with Crippen LogP contribution in [-0.4, -0.2) is 29.5 Å². The lowest BCUT2D eigenvalue weighted by molar-refractivity contribution is -0.122. The minimum atomic E-state index is -0.162. The maximum absolute atomic E-state index is 11.8. The van der Waals surface area contributed by atoms with Gasteiger partial charge in [-0.15, -0.1) is 12.4 Å². The normalized spacial score (nSPS) is 17.7. The molecule has 1 fully saturated rings. The number of thioether (sulfide) groups is 1. The van der Waals surface area contributed by atoms with Crippen molar-refractivity contribution in [3.63, 3.8) is 0 Å². The molecule has 1 unspecified atom stereocenters. The summed E-state index contributed by atoms with van der Waals surface area (Å²) >= 11 is 1.87. The van der Waals surface area contributed by atoms with E-state index >= 15 is 0 Å². The van der Waals surface area contributed by atoms with Gasteiger partial charge in [0.2, 0.25) is 5.91 Å². The Labute approximate surface area is 121 Å². The van der Waals surface area contributed by atoms with Gasteiger partial charge in [0.15, 0.2) is 0 Å². The van der Waals surface area contributed by atoms with Crippen molar-refractivity contribution < 1.29 is 4.79 Å². The van der Waals surface area contributed by atoms with Crippen LogP contribution in [0.25, 0.3) is 0 Å². The molecule has 0 aromatic rings. The van der Waals surface area contributed by atoms with Gasteiger partial charge in [0.05, 0.1) is 5.54 Å². The molecular weight excluding hydrogens is 268 g/mol. The van der Waals surface area contributed by atoms with Crippen LogP contribution in [0.1, 0.15) is 46.0 Å². The molecular formula is C13H27ClN2OS. The van der Waals surface area contributed by atoms with Crippen LogP contribution in [0, 0.1) is 5.92 Å². The number of halogens is 1. The molecule has 1 aliphatic carbocycles. The summed E-state index contributed by atoms with van der Waals surface area (Å²) in [7, 11) is 0. The first-order chi connectivity index (χ1) is 8.12. The van der Waals surface area contributed by atoms with Gasteiger partial charge < -0.3 is 11.1 Å². The summed E-state index contributed by atoms with van der Waals surface area (Å²) < 4.78 is 0. The summed E-state index contributed by atoms with van der Waals surface area (Å²) in [5.41, 5.74) is 5.61. The minimum absolute atomic E-state index is 0. The fourth-order valence-electron chi connectivity index (χ4n) is 1.93. The summed E-state index contributed by atoms with van der Waals surface area (Å²) in [6.07, 6.45) is 5.51. The van der Waals surface area contributed by atoms with Gasteiger partial charge in [-0.25, -0.2) is 0 Å². The Hall–Kier alpha value is 0.0700. The van der Waals surface area contributed by atoms with Gasteiger partial charge in [-0.3, -0.25) is 4.79 Å². The zero-order valence-electron chi connectivity index (χ0n) is 11.5. The molecule has 5 heteroatoms. The van der Waals surface area contributed by atoms with E-state index in [4.69, 9.17) is 5.73 Å². The van der Waals surface area contributed by atoms with Crippen LogP contribution in [0.5, 0.6) is 0 Å². The number of unbranched alkanes of at least 4 members (excludes halogenated alkanes) is 1. The van der Waals surface area contributed by atoms with Gasteiger partial charge in [-0.1, -0.05) is 13.3 Å². The number of amides is 1. The monoisotopic (exact) mass is 294 g/mol. The van der Waals surface area contributed by atoms with E-state index in [0.717, 1.165) is 5.75 Å². The highest BCUT2D eigenvalue weighted by Gasteiger charge is 2.41. The number of carbonyl (C=O) groups is 1. The van der Waals surface area contributed by atoms with E-state index in [2.05, 4.69) is 19.2 Å². The van der Waals surface area contributed by atoms with Crippen molar-refractivity contribution in [2.24, 2.45) is 11.7 Å². The summed E-state index contributed by atoms with van der Waals surface area (Å²) in [5, 5.41) is 3.12. The third-order valence-corrected chi connectivity index (χ3v) is 4.51. The Kier molecular flexibility index (Phi) is 9.09. The highest BCUT2D eigenvalue weighted by molar-refractivity contribution is 7.99. The fourth-order valence-corrected chi connectivity index (χ4v) is 2.96. The Bertz CT molecular complexity index is 249. The van der Waals surface area contributed by atoms with Gasteiger partial charge in [-0.05, 0) is 37.9 Å². The SMILES string of the molecule is CCCCSCCC(=O)NC(C)(CN)C1CC1.Cl. The summed E-state index contributed by atoms with van der Waals surface area (Å²) in [4.78, 5) is 11.8. The van der Waals surface area contributed by atoms with Crippen LogP contribution in [0.4, 0.5) is 0 Å². The standard InChI is InChI=1S/C13H26N2OS.ClH/c1-3-4-8-17-9-7-12(16)15-13(2,10-14)11-5-6-11;/h11H,3-10,14H2,1-2H3,(H,15,16);1H. The molecule has 1 atom stereocenters. The summed E-state index contributed by atoms with van der Waals surface area (Å²) in [6.45, 7) is 4.81. The topological polar surface area (TPSA) is 55.1 Å². The predicted molar refractivity (Wildman–Crippen MR) is 82.4 cm³/mol. The largest absolute Gasteiger partial charge is 0.349 e. The van der Waals surface area contributed by atoms with Crippen LogP contribution >= 0.6 is 24.2 Å². The number of nitrogens with one attached hydrogen (secondary N) is 1. The van der Waals surface area contributed by atoms with E-state index in [9.17, 15) is 4.79 Å². The number of hydrogen-bond acceptors (Lipinski definition) is 3. The molecule has 0 bridgehead atoms. The van der Waals surface area contributed by atoms with Crippen molar-refractivity contribution in [1.29, 1.82) is 0 Å². The molecule has 1 rings (SSSR count). The Balaban J connectivity index is 0.00000289. The molecule has 1 amide bonds. The number of nitrogens with two attached hydrogens (primary N) is 1. The van der Waals surface area contributed by atoms with E-state index in [1.807, 2.05) is 11.8 Å². The molecule has 0 saturated heterocycles. The smallest absolute Gasteiger partial charge is 0.221 e. The second-order valence-electron chi connectivity index (χ2n) is 5.16. The average Bonchev–Trinajstić information content (AvgIpc) is 3.12. The number of hydrogen-bond donors (Lipinski definition) is 2. The first-order valence-corrected chi connectivity index (χ1v) is 7.86. The molecule has 3 nitrogen and oxygen atoms in total. The number of rotatable bonds is 9. The van der Waals surface area contributed by atoms with Crippen molar-refractivity contribution in [3.05, 3.63) is 0 Å². The third-order valence-electron chi connectivity index (χ3n) is 3.44. The van der Waals surface area contributed by atoms with Gasteiger partial charge in [0.25, 0.3) is 0 Å². The molecule has 1 aliphatic rings. The second-order valence-corrected chi connectivity index (χ2v) is 6.38. The van der Waals surface area contributed by atoms with Gasteiger partial charge >= 0.3 is 0 Å². The van der Waals surface area contributed by atoms with Crippen LogP contribution in [0.2, 0.25) is 0 Å². The molecule has 0 heterocycles. The van der Waals surface area contributed by atoms with E-state index < -0.39 is 0 Å². The van der Waals surface area contributed by atoms with E-state index in [-0.39, 0.29) is 23.9 Å². The molecule has 1 saturated carbocycles. The van der Waals surface area contributed by atoms with Crippen molar-refractivity contribution in [3.8, 4) is 0 Å². The molecule has 3 N–H and O–H groups in total. The lowest BCUT2D eigenvalue weighted by atomic mass is 9.96. The van der Waals surface area contributed by atoms with Gasteiger partial charge in [0.1, 0.15) is 0 Å². The minimum Gasteiger partial charge on any atom is -0.349 e. The third kappa shape index (κ3) is 6.30. The van der Waals surface area contributed by atoms with Gasteiger partial charge in [0, 0.05) is 18.7 Å². The lowest BCUT2D eigenvalue weighted by Crippen LogP contribution is -2.53. The molecule has 0 spiro atoms. The van der Waals surface area contributed by atoms with Crippen LogP contribution < -0.4 is 11.1 Å². The van der Waals surface area contributed by atoms with Crippen molar-refractivity contribution in [2.45, 2.75) is 51.5 Å². The summed E-state index contributed by atoms with van der Waals surface area (Å²) in [5.74, 6) is 2.86. The zero-order chi connectivity index (χ0) is 12.7. The molecule has 108 valence electrons. The highest BCUT2D eigenvalue weighted by Crippen LogP contribution is 2.38. The molecule has 0 aromatic carbocycles. The Morgan fingerprint density at radius 1 is 1.44 bits per heavy atom. The lowest BCUT2D eigenvalue weighted by Gasteiger charge is -2.29. The average molecular weight is 295 g/mol. The van der Waals surface area contributed by atoms with Crippen molar-refractivity contribution in [1.82, 2.24) is 5.32 Å². The molecule has 0 aromatic heterocycles. The molecule has 0 aliphatic heterocycles. The van der Waals surface area contributed by atoms with E-state index in [1.54, 1.807) is 0 Å². The van der Waals surface area contributed by atoms with Crippen molar-refractivity contribution in [2.75, 3.05) is 18.1 Å². The molecule has 0 radical (unpaired) electrons. The van der Waals surface area contributed by atoms with Crippen LogP contribution in [-0.2, 0) is 4.79 Å². The van der Waals surface area contributed by atoms with Crippen LogP contribution in [0.3, 0.4) is 0 Å². The number of carbonyl (C=O) groups excluding carboxylic acids is 1. The maximum atomic E-state index is 11.8. The first-order valence-electron chi connectivity index (χ1n) is 6.71. The predicted octanol–water partition coefficient (Wildman–Crippen LogP) is 2.58. The maximum Gasteiger partial charge on any atom is 0.221 e. The van der Waals surface area contributed by atoms with Gasteiger partial charge in [-0.2, -0.15) is 11.8 Å². The first kappa shape index (κ1) is 18.1. The fraction of sp³-hybridized carbons (Fsp3) is 0.923.